The Balaban J connectivity index is 1.85. The Morgan fingerprint density at radius 3 is 2.62 bits per heavy atom. The van der Waals surface area contributed by atoms with Crippen LogP contribution < -0.4 is 0 Å². The molecule has 2 fully saturated rings. The summed E-state index contributed by atoms with van der Waals surface area (Å²) in [5.74, 6) is -0.730. The van der Waals surface area contributed by atoms with Crippen molar-refractivity contribution in [1.29, 1.82) is 0 Å². The maximum absolute atomic E-state index is 10.7. The highest BCUT2D eigenvalue weighted by atomic mass is 16.8. The van der Waals surface area contributed by atoms with Gasteiger partial charge in [0.25, 0.3) is 0 Å². The fourth-order valence-corrected chi connectivity index (χ4v) is 3.40. The van der Waals surface area contributed by atoms with E-state index in [1.165, 1.54) is 25.7 Å². The molecule has 2 aliphatic heterocycles. The van der Waals surface area contributed by atoms with Gasteiger partial charge >= 0.3 is 0 Å². The molecule has 0 aromatic rings. The van der Waals surface area contributed by atoms with Gasteiger partial charge in [-0.15, -0.1) is 6.58 Å². The molecule has 26 heavy (non-hydrogen) atoms. The minimum atomic E-state index is -0.912. The molecule has 2 aliphatic rings. The van der Waals surface area contributed by atoms with E-state index in [0.29, 0.717) is 19.8 Å². The third kappa shape index (κ3) is 6.29. The number of hydrogen-bond donors (Lipinski definition) is 1. The second kappa shape index (κ2) is 10.7. The summed E-state index contributed by atoms with van der Waals surface area (Å²) < 4.78 is 29.2. The van der Waals surface area contributed by atoms with Crippen LogP contribution in [0.5, 0.6) is 0 Å². The second-order valence-corrected chi connectivity index (χ2v) is 7.55. The summed E-state index contributed by atoms with van der Waals surface area (Å²) >= 11 is 0. The van der Waals surface area contributed by atoms with Crippen LogP contribution >= 0.6 is 0 Å². The summed E-state index contributed by atoms with van der Waals surface area (Å²) in [7, 11) is 0. The molecule has 0 spiro atoms. The van der Waals surface area contributed by atoms with Crippen LogP contribution in [0.1, 0.15) is 59.3 Å². The number of fused-ring (bicyclic) bond motifs is 1. The van der Waals surface area contributed by atoms with Crippen LogP contribution in [0.2, 0.25) is 0 Å². The van der Waals surface area contributed by atoms with Crippen LogP contribution in [0.4, 0.5) is 0 Å². The van der Waals surface area contributed by atoms with Crippen molar-refractivity contribution in [3.63, 3.8) is 0 Å². The fraction of sp³-hybridized carbons (Fsp3) is 0.900. The normalized spacial score (nSPS) is 33.6. The van der Waals surface area contributed by atoms with E-state index in [9.17, 15) is 5.11 Å². The number of aliphatic hydroxyl groups is 1. The SMILES string of the molecule is C=CCO[C@@H]1[C@H](O)[C@H](OCCCCCCCC)O[C@@H]2COC(C)(C)O[C@@H]12. The van der Waals surface area contributed by atoms with Gasteiger partial charge in [-0.25, -0.2) is 0 Å². The van der Waals surface area contributed by atoms with Crippen molar-refractivity contribution in [3.8, 4) is 0 Å². The second-order valence-electron chi connectivity index (χ2n) is 7.55. The Bertz CT molecular complexity index is 413. The quantitative estimate of drug-likeness (QED) is 0.444. The van der Waals surface area contributed by atoms with Crippen LogP contribution in [0.3, 0.4) is 0 Å². The summed E-state index contributed by atoms with van der Waals surface area (Å²) in [5, 5.41) is 10.7. The predicted molar refractivity (Wildman–Crippen MR) is 98.8 cm³/mol. The summed E-state index contributed by atoms with van der Waals surface area (Å²) in [5.41, 5.74) is 0. The van der Waals surface area contributed by atoms with Gasteiger partial charge in [0.05, 0.1) is 13.2 Å². The van der Waals surface area contributed by atoms with Crippen molar-refractivity contribution < 1.29 is 28.8 Å². The third-order valence-corrected chi connectivity index (χ3v) is 4.82. The first-order valence-electron chi connectivity index (χ1n) is 9.98. The number of unbranched alkanes of at least 4 members (excludes halogenated alkanes) is 5. The zero-order valence-electron chi connectivity index (χ0n) is 16.5. The Hall–Kier alpha value is -0.500. The minimum absolute atomic E-state index is 0.323. The molecule has 2 saturated heterocycles. The van der Waals surface area contributed by atoms with Crippen LogP contribution in [-0.4, -0.2) is 61.4 Å². The summed E-state index contributed by atoms with van der Waals surface area (Å²) in [6, 6.07) is 0. The lowest BCUT2D eigenvalue weighted by molar-refractivity contribution is -0.385. The molecule has 152 valence electrons. The van der Waals surface area contributed by atoms with E-state index in [2.05, 4.69) is 13.5 Å². The zero-order valence-corrected chi connectivity index (χ0v) is 16.5. The molecule has 0 saturated carbocycles. The lowest BCUT2D eigenvalue weighted by atomic mass is 9.97. The molecule has 0 unspecified atom stereocenters. The summed E-state index contributed by atoms with van der Waals surface area (Å²) in [6.45, 7) is 10.9. The van der Waals surface area contributed by atoms with E-state index in [-0.39, 0.29) is 6.10 Å². The maximum atomic E-state index is 10.7. The van der Waals surface area contributed by atoms with E-state index < -0.39 is 30.4 Å². The highest BCUT2D eigenvalue weighted by Crippen LogP contribution is 2.34. The molecule has 6 heteroatoms. The molecule has 1 N–H and O–H groups in total. The summed E-state index contributed by atoms with van der Waals surface area (Å²) in [4.78, 5) is 0. The molecule has 6 nitrogen and oxygen atoms in total. The molecule has 0 aliphatic carbocycles. The molecular formula is C20H36O6. The van der Waals surface area contributed by atoms with E-state index >= 15 is 0 Å². The number of rotatable bonds is 11. The van der Waals surface area contributed by atoms with Gasteiger partial charge in [0.2, 0.25) is 0 Å². The van der Waals surface area contributed by atoms with Gasteiger partial charge in [0.15, 0.2) is 12.1 Å². The zero-order chi connectivity index (χ0) is 19.0. The molecule has 0 bridgehead atoms. The van der Waals surface area contributed by atoms with E-state index in [4.69, 9.17) is 23.7 Å². The van der Waals surface area contributed by atoms with Gasteiger partial charge in [-0.3, -0.25) is 0 Å². The first-order chi connectivity index (χ1) is 12.5. The van der Waals surface area contributed by atoms with Crippen molar-refractivity contribution in [1.82, 2.24) is 0 Å². The molecule has 0 radical (unpaired) electrons. The average Bonchev–Trinajstić information content (AvgIpc) is 2.60. The van der Waals surface area contributed by atoms with E-state index in [1.807, 2.05) is 13.8 Å². The standard InChI is InChI=1S/C20H36O6/c1-5-7-8-9-10-11-13-23-19-16(21)18(22-12-6-2)17-15(25-19)14-24-20(3,4)26-17/h6,15-19,21H,2,5,7-14H2,1,3-4H3/t15-,16+,17-,18-,19-/m1/s1. The number of hydrogen-bond acceptors (Lipinski definition) is 6. The van der Waals surface area contributed by atoms with Crippen molar-refractivity contribution in [2.45, 2.75) is 95.8 Å². The molecule has 0 aromatic heterocycles. The topological polar surface area (TPSA) is 66.4 Å². The predicted octanol–water partition coefficient (Wildman–Crippen LogP) is 3.17. The van der Waals surface area contributed by atoms with Crippen LogP contribution in [-0.2, 0) is 23.7 Å². The van der Waals surface area contributed by atoms with Gasteiger partial charge in [-0.1, -0.05) is 45.1 Å². The summed E-state index contributed by atoms with van der Waals surface area (Å²) in [6.07, 6.45) is 5.87. The van der Waals surface area contributed by atoms with Gasteiger partial charge < -0.3 is 28.8 Å². The van der Waals surface area contributed by atoms with Crippen molar-refractivity contribution in [2.75, 3.05) is 19.8 Å². The molecule has 5 atom stereocenters. The Kier molecular flexibility index (Phi) is 9.00. The largest absolute Gasteiger partial charge is 0.385 e. The lowest BCUT2D eigenvalue weighted by Gasteiger charge is -2.49. The molecule has 0 amide bonds. The van der Waals surface area contributed by atoms with Crippen molar-refractivity contribution in [3.05, 3.63) is 12.7 Å². The van der Waals surface area contributed by atoms with Crippen LogP contribution in [0.15, 0.2) is 12.7 Å². The van der Waals surface area contributed by atoms with Gasteiger partial charge in [-0.05, 0) is 20.3 Å². The van der Waals surface area contributed by atoms with Gasteiger partial charge in [0, 0.05) is 6.61 Å². The maximum Gasteiger partial charge on any atom is 0.186 e. The minimum Gasteiger partial charge on any atom is -0.385 e. The number of aliphatic hydroxyl groups excluding tert-OH is 1. The van der Waals surface area contributed by atoms with Crippen LogP contribution in [0.25, 0.3) is 0 Å². The lowest BCUT2D eigenvalue weighted by Crippen LogP contribution is -2.65. The highest BCUT2D eigenvalue weighted by Gasteiger charge is 2.51. The van der Waals surface area contributed by atoms with Gasteiger partial charge in [-0.2, -0.15) is 0 Å². The first-order valence-corrected chi connectivity index (χ1v) is 9.98. The Labute approximate surface area is 157 Å². The average molecular weight is 373 g/mol. The fourth-order valence-electron chi connectivity index (χ4n) is 3.40. The molecule has 2 heterocycles. The van der Waals surface area contributed by atoms with Crippen molar-refractivity contribution >= 4 is 0 Å². The number of ether oxygens (including phenoxy) is 5. The van der Waals surface area contributed by atoms with Crippen LogP contribution in [0, 0.1) is 0 Å². The monoisotopic (exact) mass is 372 g/mol. The third-order valence-electron chi connectivity index (χ3n) is 4.82. The highest BCUT2D eigenvalue weighted by molar-refractivity contribution is 4.95. The Morgan fingerprint density at radius 1 is 1.15 bits per heavy atom. The Morgan fingerprint density at radius 2 is 1.88 bits per heavy atom. The molecule has 0 aromatic carbocycles. The molecule has 2 rings (SSSR count). The smallest absolute Gasteiger partial charge is 0.186 e. The van der Waals surface area contributed by atoms with Gasteiger partial charge in [0.1, 0.15) is 24.4 Å². The first kappa shape index (κ1) is 21.8. The van der Waals surface area contributed by atoms with E-state index in [1.54, 1.807) is 6.08 Å². The van der Waals surface area contributed by atoms with Crippen molar-refractivity contribution in [2.24, 2.45) is 0 Å². The molecular weight excluding hydrogens is 336 g/mol. The van der Waals surface area contributed by atoms with E-state index in [0.717, 1.165) is 12.8 Å².